The third-order valence-electron chi connectivity index (χ3n) is 4.06. The second-order valence-electron chi connectivity index (χ2n) is 5.95. The van der Waals surface area contributed by atoms with E-state index < -0.39 is 23.4 Å². The van der Waals surface area contributed by atoms with E-state index in [-0.39, 0.29) is 22.0 Å². The highest BCUT2D eigenvalue weighted by molar-refractivity contribution is 6.33. The van der Waals surface area contributed by atoms with Crippen molar-refractivity contribution < 1.29 is 24.0 Å². The molecule has 0 spiro atoms. The lowest BCUT2D eigenvalue weighted by atomic mass is 10.1. The molecule has 0 aliphatic carbocycles. The summed E-state index contributed by atoms with van der Waals surface area (Å²) in [5.74, 6) is -1.12. The first-order chi connectivity index (χ1) is 13.9. The van der Waals surface area contributed by atoms with Gasteiger partial charge in [0.15, 0.2) is 6.61 Å². The number of ether oxygens (including phenoxy) is 2. The van der Waals surface area contributed by atoms with E-state index in [0.717, 1.165) is 16.8 Å². The monoisotopic (exact) mass is 414 g/mol. The first kappa shape index (κ1) is 20.1. The summed E-state index contributed by atoms with van der Waals surface area (Å²) in [6, 6.07) is 14.4. The summed E-state index contributed by atoms with van der Waals surface area (Å²) in [4.78, 5) is 34.8. The van der Waals surface area contributed by atoms with Gasteiger partial charge in [-0.3, -0.25) is 14.9 Å². The summed E-state index contributed by atoms with van der Waals surface area (Å²) in [5.41, 5.74) is -0.0137. The molecule has 0 saturated carbocycles. The molecule has 0 aromatic heterocycles. The Morgan fingerprint density at radius 1 is 1.10 bits per heavy atom. The van der Waals surface area contributed by atoms with Crippen LogP contribution in [0, 0.1) is 10.1 Å². The van der Waals surface area contributed by atoms with Gasteiger partial charge in [-0.1, -0.05) is 35.9 Å². The predicted octanol–water partition coefficient (Wildman–Crippen LogP) is 4.21. The number of nitrogens with zero attached hydrogens (tertiary/aromatic N) is 1. The molecule has 0 heterocycles. The number of amides is 1. The number of fused-ring (bicyclic) bond motifs is 1. The highest BCUT2D eigenvalue weighted by Crippen LogP contribution is 2.28. The van der Waals surface area contributed by atoms with Gasteiger partial charge in [0, 0.05) is 12.1 Å². The molecular weight excluding hydrogens is 400 g/mol. The van der Waals surface area contributed by atoms with E-state index in [2.05, 4.69) is 5.32 Å². The van der Waals surface area contributed by atoms with E-state index >= 15 is 0 Å². The van der Waals surface area contributed by atoms with E-state index in [1.54, 1.807) is 12.1 Å². The molecule has 1 amide bonds. The van der Waals surface area contributed by atoms with Crippen LogP contribution in [0.25, 0.3) is 10.8 Å². The fraction of sp³-hybridized carbons (Fsp3) is 0.100. The zero-order chi connectivity index (χ0) is 21.0. The van der Waals surface area contributed by atoms with Gasteiger partial charge < -0.3 is 14.8 Å². The Hall–Kier alpha value is -3.65. The SMILES string of the molecule is COc1cc2ccccc2cc1C(=O)OCC(=O)Nc1cc([N+](=O)[O-])ccc1Cl. The Labute approximate surface area is 170 Å². The number of benzene rings is 3. The van der Waals surface area contributed by atoms with Gasteiger partial charge in [-0.05, 0) is 29.0 Å². The molecule has 0 radical (unpaired) electrons. The first-order valence-electron chi connectivity index (χ1n) is 8.36. The van der Waals surface area contributed by atoms with Crippen LogP contribution < -0.4 is 10.1 Å². The number of carbonyl (C=O) groups is 2. The molecule has 1 N–H and O–H groups in total. The van der Waals surface area contributed by atoms with Gasteiger partial charge in [0.2, 0.25) is 0 Å². The highest BCUT2D eigenvalue weighted by Gasteiger charge is 2.18. The largest absolute Gasteiger partial charge is 0.496 e. The molecule has 0 fully saturated rings. The molecule has 0 unspecified atom stereocenters. The quantitative estimate of drug-likeness (QED) is 0.368. The van der Waals surface area contributed by atoms with Crippen LogP contribution in [0.1, 0.15) is 10.4 Å². The van der Waals surface area contributed by atoms with Crippen molar-refractivity contribution in [2.75, 3.05) is 19.0 Å². The van der Waals surface area contributed by atoms with Gasteiger partial charge in [0.25, 0.3) is 11.6 Å². The lowest BCUT2D eigenvalue weighted by molar-refractivity contribution is -0.384. The Balaban J connectivity index is 1.71. The van der Waals surface area contributed by atoms with Gasteiger partial charge in [0.1, 0.15) is 11.3 Å². The van der Waals surface area contributed by atoms with Crippen LogP contribution in [0.2, 0.25) is 5.02 Å². The first-order valence-corrected chi connectivity index (χ1v) is 8.74. The molecule has 3 aromatic rings. The average Bonchev–Trinajstić information content (AvgIpc) is 2.72. The molecule has 0 atom stereocenters. The number of non-ortho nitro benzene ring substituents is 1. The Morgan fingerprint density at radius 2 is 1.79 bits per heavy atom. The summed E-state index contributed by atoms with van der Waals surface area (Å²) in [6.07, 6.45) is 0. The van der Waals surface area contributed by atoms with E-state index in [1.165, 1.54) is 19.2 Å². The number of methoxy groups -OCH3 is 1. The van der Waals surface area contributed by atoms with E-state index in [9.17, 15) is 19.7 Å². The molecule has 0 aliphatic rings. The van der Waals surface area contributed by atoms with Crippen LogP contribution in [0.5, 0.6) is 5.75 Å². The zero-order valence-corrected chi connectivity index (χ0v) is 15.9. The maximum absolute atomic E-state index is 12.4. The number of nitrogens with one attached hydrogen (secondary N) is 1. The van der Waals surface area contributed by atoms with E-state index in [1.807, 2.05) is 24.3 Å². The van der Waals surface area contributed by atoms with Crippen LogP contribution in [0.4, 0.5) is 11.4 Å². The van der Waals surface area contributed by atoms with Crippen molar-refractivity contribution >= 4 is 45.6 Å². The summed E-state index contributed by atoms with van der Waals surface area (Å²) in [6.45, 7) is -0.603. The second-order valence-corrected chi connectivity index (χ2v) is 6.35. The molecule has 8 nitrogen and oxygen atoms in total. The van der Waals surface area contributed by atoms with Gasteiger partial charge in [-0.2, -0.15) is 0 Å². The highest BCUT2D eigenvalue weighted by atomic mass is 35.5. The third kappa shape index (κ3) is 4.61. The van der Waals surface area contributed by atoms with Crippen LogP contribution in [-0.4, -0.2) is 30.5 Å². The number of nitro benzene ring substituents is 1. The summed E-state index contributed by atoms with van der Waals surface area (Å²) in [7, 11) is 1.43. The molecule has 148 valence electrons. The molecule has 29 heavy (non-hydrogen) atoms. The van der Waals surface area contributed by atoms with Gasteiger partial charge in [-0.25, -0.2) is 4.79 Å². The van der Waals surface area contributed by atoms with Crippen molar-refractivity contribution in [3.63, 3.8) is 0 Å². The molecule has 9 heteroatoms. The van der Waals surface area contributed by atoms with Crippen molar-refractivity contribution in [1.29, 1.82) is 0 Å². The Kier molecular flexibility index (Phi) is 5.94. The van der Waals surface area contributed by atoms with Crippen molar-refractivity contribution in [1.82, 2.24) is 0 Å². The lowest BCUT2D eigenvalue weighted by Gasteiger charge is -2.11. The van der Waals surface area contributed by atoms with E-state index in [0.29, 0.717) is 5.75 Å². The van der Waals surface area contributed by atoms with Crippen molar-refractivity contribution in [3.05, 3.63) is 75.3 Å². The van der Waals surface area contributed by atoms with Crippen LogP contribution in [0.3, 0.4) is 0 Å². The van der Waals surface area contributed by atoms with Gasteiger partial charge in [-0.15, -0.1) is 0 Å². The maximum Gasteiger partial charge on any atom is 0.342 e. The normalized spacial score (nSPS) is 10.4. The minimum atomic E-state index is -0.743. The second kappa shape index (κ2) is 8.57. The van der Waals surface area contributed by atoms with Crippen molar-refractivity contribution in [2.24, 2.45) is 0 Å². The standard InChI is InChI=1S/C20H15ClN2O6/c1-28-18-9-13-5-3-2-4-12(13)8-15(18)20(25)29-11-19(24)22-17-10-14(23(26)27)6-7-16(17)21/h2-10H,11H2,1H3,(H,22,24). The molecule has 0 aliphatic heterocycles. The Bertz CT molecular complexity index is 1120. The minimum absolute atomic E-state index is 0.0465. The molecular formula is C20H15ClN2O6. The number of anilines is 1. The molecule has 0 bridgehead atoms. The van der Waals surface area contributed by atoms with Gasteiger partial charge >= 0.3 is 5.97 Å². The van der Waals surface area contributed by atoms with Crippen molar-refractivity contribution in [2.45, 2.75) is 0 Å². The summed E-state index contributed by atoms with van der Waals surface area (Å²) in [5, 5.41) is 15.0. The van der Waals surface area contributed by atoms with Gasteiger partial charge in [0.05, 0.1) is 22.7 Å². The fourth-order valence-corrected chi connectivity index (χ4v) is 2.83. The summed E-state index contributed by atoms with van der Waals surface area (Å²) >= 11 is 5.94. The molecule has 0 saturated heterocycles. The minimum Gasteiger partial charge on any atom is -0.496 e. The number of nitro groups is 1. The third-order valence-corrected chi connectivity index (χ3v) is 4.39. The van der Waals surface area contributed by atoms with Crippen molar-refractivity contribution in [3.8, 4) is 5.75 Å². The molecule has 3 aromatic carbocycles. The maximum atomic E-state index is 12.4. The number of esters is 1. The number of rotatable bonds is 6. The zero-order valence-electron chi connectivity index (χ0n) is 15.2. The summed E-state index contributed by atoms with van der Waals surface area (Å²) < 4.78 is 10.3. The number of hydrogen-bond donors (Lipinski definition) is 1. The lowest BCUT2D eigenvalue weighted by Crippen LogP contribution is -2.21. The topological polar surface area (TPSA) is 108 Å². The number of carbonyl (C=O) groups excluding carboxylic acids is 2. The predicted molar refractivity (Wildman–Crippen MR) is 108 cm³/mol. The van der Waals surface area contributed by atoms with Crippen LogP contribution in [-0.2, 0) is 9.53 Å². The van der Waals surface area contributed by atoms with E-state index in [4.69, 9.17) is 21.1 Å². The van der Waals surface area contributed by atoms with Crippen LogP contribution >= 0.6 is 11.6 Å². The average molecular weight is 415 g/mol. The van der Waals surface area contributed by atoms with Crippen LogP contribution in [0.15, 0.2) is 54.6 Å². The Morgan fingerprint density at radius 3 is 2.45 bits per heavy atom. The smallest absolute Gasteiger partial charge is 0.342 e. The number of halogens is 1. The number of hydrogen-bond acceptors (Lipinski definition) is 6. The molecule has 3 rings (SSSR count). The fourth-order valence-electron chi connectivity index (χ4n) is 2.67.